The van der Waals surface area contributed by atoms with Crippen LogP contribution in [0.25, 0.3) is 0 Å². The van der Waals surface area contributed by atoms with Crippen molar-refractivity contribution in [1.82, 2.24) is 4.98 Å². The Balaban J connectivity index is 1.89. The summed E-state index contributed by atoms with van der Waals surface area (Å²) in [7, 11) is 1.68. The average Bonchev–Trinajstić information content (AvgIpc) is 2.53. The average molecular weight is 270 g/mol. The zero-order valence-electron chi connectivity index (χ0n) is 12.1. The van der Waals surface area contributed by atoms with Crippen LogP contribution in [0.5, 0.6) is 5.75 Å². The summed E-state index contributed by atoms with van der Waals surface area (Å²) in [6.07, 6.45) is 5.60. The van der Waals surface area contributed by atoms with E-state index in [1.54, 1.807) is 7.11 Å². The fourth-order valence-corrected chi connectivity index (χ4v) is 2.29. The summed E-state index contributed by atoms with van der Waals surface area (Å²) >= 11 is 0. The molecule has 2 unspecified atom stereocenters. The maximum absolute atomic E-state index is 6.31. The Kier molecular flexibility index (Phi) is 5.13. The second kappa shape index (κ2) is 7.06. The molecule has 2 atom stereocenters. The Morgan fingerprint density at radius 1 is 1.10 bits per heavy atom. The summed E-state index contributed by atoms with van der Waals surface area (Å²) in [4.78, 5) is 4.04. The normalized spacial score (nSPS) is 13.8. The number of rotatable bonds is 6. The van der Waals surface area contributed by atoms with Gasteiger partial charge in [0.05, 0.1) is 7.11 Å². The van der Waals surface area contributed by atoms with Crippen molar-refractivity contribution in [2.75, 3.05) is 7.11 Å². The minimum Gasteiger partial charge on any atom is -0.497 e. The first-order valence-electron chi connectivity index (χ1n) is 6.99. The first-order valence-corrected chi connectivity index (χ1v) is 6.99. The third kappa shape index (κ3) is 3.81. The summed E-state index contributed by atoms with van der Waals surface area (Å²) in [5, 5.41) is 0. The lowest BCUT2D eigenvalue weighted by Crippen LogP contribution is -2.27. The second-order valence-corrected chi connectivity index (χ2v) is 5.12. The number of nitrogens with two attached hydrogens (primary N) is 1. The lowest BCUT2D eigenvalue weighted by atomic mass is 9.90. The maximum Gasteiger partial charge on any atom is 0.118 e. The lowest BCUT2D eigenvalue weighted by molar-refractivity contribution is 0.414. The van der Waals surface area contributed by atoms with Crippen molar-refractivity contribution in [3.8, 4) is 5.75 Å². The Morgan fingerprint density at radius 3 is 2.35 bits per heavy atom. The Labute approximate surface area is 120 Å². The molecule has 20 heavy (non-hydrogen) atoms. The highest BCUT2D eigenvalue weighted by Gasteiger charge is 2.14. The van der Waals surface area contributed by atoms with Gasteiger partial charge in [0.15, 0.2) is 0 Å². The molecule has 1 heterocycles. The number of pyridine rings is 1. The minimum atomic E-state index is 0.152. The summed E-state index contributed by atoms with van der Waals surface area (Å²) in [5.74, 6) is 1.24. The van der Waals surface area contributed by atoms with Gasteiger partial charge in [0.2, 0.25) is 0 Å². The molecule has 0 fully saturated rings. The van der Waals surface area contributed by atoms with Crippen molar-refractivity contribution in [3.05, 3.63) is 59.9 Å². The van der Waals surface area contributed by atoms with Crippen LogP contribution in [-0.2, 0) is 6.42 Å². The van der Waals surface area contributed by atoms with Crippen LogP contribution in [-0.4, -0.2) is 18.1 Å². The molecule has 0 saturated heterocycles. The number of aryl methyl sites for hydroxylation is 1. The molecule has 3 nitrogen and oxygen atoms in total. The molecular formula is C17H22N2O. The van der Waals surface area contributed by atoms with Crippen LogP contribution in [0.1, 0.15) is 30.4 Å². The number of aromatic nitrogens is 1. The number of hydrogen-bond donors (Lipinski definition) is 1. The van der Waals surface area contributed by atoms with Crippen molar-refractivity contribution in [1.29, 1.82) is 0 Å². The van der Waals surface area contributed by atoms with Gasteiger partial charge in [-0.15, -0.1) is 0 Å². The van der Waals surface area contributed by atoms with Gasteiger partial charge < -0.3 is 10.5 Å². The molecule has 106 valence electrons. The van der Waals surface area contributed by atoms with Crippen molar-refractivity contribution < 1.29 is 4.74 Å². The fourth-order valence-electron chi connectivity index (χ4n) is 2.29. The number of ether oxygens (including phenoxy) is 1. The highest BCUT2D eigenvalue weighted by molar-refractivity contribution is 5.27. The highest BCUT2D eigenvalue weighted by atomic mass is 16.5. The smallest absolute Gasteiger partial charge is 0.118 e. The van der Waals surface area contributed by atoms with Gasteiger partial charge >= 0.3 is 0 Å². The minimum absolute atomic E-state index is 0.152. The molecule has 0 aliphatic heterocycles. The van der Waals surface area contributed by atoms with Crippen LogP contribution in [0.3, 0.4) is 0 Å². The standard InChI is InChI=1S/C17H22N2O/c1-13(15-9-11-19-12-10-15)17(18)8-5-14-3-6-16(20-2)7-4-14/h3-4,6-7,9-13,17H,5,8,18H2,1-2H3. The molecule has 3 heteroatoms. The van der Waals surface area contributed by atoms with Crippen LogP contribution in [0, 0.1) is 0 Å². The van der Waals surface area contributed by atoms with Gasteiger partial charge in [0, 0.05) is 18.4 Å². The third-order valence-corrected chi connectivity index (χ3v) is 3.80. The summed E-state index contributed by atoms with van der Waals surface area (Å²) in [6.45, 7) is 2.17. The van der Waals surface area contributed by atoms with Crippen molar-refractivity contribution >= 4 is 0 Å². The SMILES string of the molecule is COc1ccc(CCC(N)C(C)c2ccncc2)cc1. The van der Waals surface area contributed by atoms with E-state index >= 15 is 0 Å². The van der Waals surface area contributed by atoms with Crippen molar-refractivity contribution in [2.45, 2.75) is 31.7 Å². The molecule has 0 aliphatic rings. The quantitative estimate of drug-likeness (QED) is 0.877. The van der Waals surface area contributed by atoms with E-state index in [1.807, 2.05) is 36.7 Å². The Hall–Kier alpha value is -1.87. The van der Waals surface area contributed by atoms with Crippen LogP contribution in [0.2, 0.25) is 0 Å². The van der Waals surface area contributed by atoms with E-state index in [2.05, 4.69) is 24.0 Å². The molecule has 0 amide bonds. The highest BCUT2D eigenvalue weighted by Crippen LogP contribution is 2.21. The third-order valence-electron chi connectivity index (χ3n) is 3.80. The van der Waals surface area contributed by atoms with Gasteiger partial charge in [-0.25, -0.2) is 0 Å². The van der Waals surface area contributed by atoms with Gasteiger partial charge in [-0.2, -0.15) is 0 Å². The predicted octanol–water partition coefficient (Wildman–Crippen LogP) is 3.15. The van der Waals surface area contributed by atoms with Crippen LogP contribution in [0.4, 0.5) is 0 Å². The van der Waals surface area contributed by atoms with E-state index in [4.69, 9.17) is 10.5 Å². The van der Waals surface area contributed by atoms with Gasteiger partial charge in [0.25, 0.3) is 0 Å². The molecule has 2 aromatic rings. The van der Waals surface area contributed by atoms with Gasteiger partial charge in [-0.3, -0.25) is 4.98 Å². The molecule has 0 aliphatic carbocycles. The molecule has 1 aromatic heterocycles. The van der Waals surface area contributed by atoms with Crippen LogP contribution in [0.15, 0.2) is 48.8 Å². The number of nitrogens with zero attached hydrogens (tertiary/aromatic N) is 1. The number of hydrogen-bond acceptors (Lipinski definition) is 3. The Morgan fingerprint density at radius 2 is 1.75 bits per heavy atom. The van der Waals surface area contributed by atoms with Gasteiger partial charge in [-0.1, -0.05) is 19.1 Å². The zero-order chi connectivity index (χ0) is 14.4. The summed E-state index contributed by atoms with van der Waals surface area (Å²) in [5.41, 5.74) is 8.85. The van der Waals surface area contributed by atoms with E-state index in [1.165, 1.54) is 11.1 Å². The lowest BCUT2D eigenvalue weighted by Gasteiger charge is -2.20. The fraction of sp³-hybridized carbons (Fsp3) is 0.353. The Bertz CT molecular complexity index is 510. The van der Waals surface area contributed by atoms with Gasteiger partial charge in [-0.05, 0) is 54.2 Å². The van der Waals surface area contributed by atoms with E-state index in [-0.39, 0.29) is 6.04 Å². The molecule has 2 N–H and O–H groups in total. The predicted molar refractivity (Wildman–Crippen MR) is 81.9 cm³/mol. The maximum atomic E-state index is 6.31. The first-order chi connectivity index (χ1) is 9.70. The molecule has 0 bridgehead atoms. The number of methoxy groups -OCH3 is 1. The molecule has 0 spiro atoms. The molecule has 2 rings (SSSR count). The second-order valence-electron chi connectivity index (χ2n) is 5.12. The topological polar surface area (TPSA) is 48.1 Å². The monoisotopic (exact) mass is 270 g/mol. The summed E-state index contributed by atoms with van der Waals surface area (Å²) < 4.78 is 5.16. The number of benzene rings is 1. The van der Waals surface area contributed by atoms with Crippen LogP contribution >= 0.6 is 0 Å². The largest absolute Gasteiger partial charge is 0.497 e. The molecule has 1 aromatic carbocycles. The van der Waals surface area contributed by atoms with Crippen LogP contribution < -0.4 is 10.5 Å². The van der Waals surface area contributed by atoms with E-state index in [9.17, 15) is 0 Å². The molecular weight excluding hydrogens is 248 g/mol. The van der Waals surface area contributed by atoms with E-state index in [0.717, 1.165) is 18.6 Å². The molecule has 0 radical (unpaired) electrons. The molecule has 0 saturated carbocycles. The zero-order valence-corrected chi connectivity index (χ0v) is 12.1. The summed E-state index contributed by atoms with van der Waals surface area (Å²) in [6, 6.07) is 12.4. The van der Waals surface area contributed by atoms with Crippen molar-refractivity contribution in [3.63, 3.8) is 0 Å². The van der Waals surface area contributed by atoms with E-state index in [0.29, 0.717) is 5.92 Å². The van der Waals surface area contributed by atoms with E-state index < -0.39 is 0 Å². The van der Waals surface area contributed by atoms with Crippen molar-refractivity contribution in [2.24, 2.45) is 5.73 Å². The van der Waals surface area contributed by atoms with Gasteiger partial charge in [0.1, 0.15) is 5.75 Å². The first kappa shape index (κ1) is 14.5.